The lowest BCUT2D eigenvalue weighted by Gasteiger charge is -2.34. The van der Waals surface area contributed by atoms with Gasteiger partial charge in [0.25, 0.3) is 0 Å². The lowest BCUT2D eigenvalue weighted by molar-refractivity contribution is -0.108. The normalized spacial score (nSPS) is 13.6. The van der Waals surface area contributed by atoms with E-state index >= 15 is 0 Å². The number of unbranched alkanes of at least 4 members (excludes halogenated alkanes) is 1. The van der Waals surface area contributed by atoms with Gasteiger partial charge < -0.3 is 9.22 Å². The molecule has 0 saturated heterocycles. The first-order valence-electron chi connectivity index (χ1n) is 7.61. The Kier molecular flexibility index (Phi) is 7.52. The van der Waals surface area contributed by atoms with Crippen LogP contribution in [0.25, 0.3) is 0 Å². The zero-order valence-corrected chi connectivity index (χ0v) is 15.1. The lowest BCUT2D eigenvalue weighted by atomic mass is 9.81. The van der Waals surface area contributed by atoms with Crippen LogP contribution in [-0.4, -0.2) is 20.2 Å². The standard InChI is InChI=1S/C16H34O2Si/c1-15(2,11-8-9-14-17)12-10-13-16(3,4)18-19(5,6)7/h14H,8-13H2,1-7H3. The Labute approximate surface area is 121 Å². The summed E-state index contributed by atoms with van der Waals surface area (Å²) in [5.74, 6) is 0. The fraction of sp³-hybridized carbons (Fsp3) is 0.938. The maximum Gasteiger partial charge on any atom is 0.184 e. The summed E-state index contributed by atoms with van der Waals surface area (Å²) in [6, 6.07) is 0. The molecule has 3 heteroatoms. The van der Waals surface area contributed by atoms with Crippen LogP contribution in [0.1, 0.15) is 66.2 Å². The first kappa shape index (κ1) is 18.8. The van der Waals surface area contributed by atoms with E-state index in [9.17, 15) is 4.79 Å². The summed E-state index contributed by atoms with van der Waals surface area (Å²) in [5, 5.41) is 0. The van der Waals surface area contributed by atoms with Gasteiger partial charge in [0.1, 0.15) is 6.29 Å². The molecule has 0 atom stereocenters. The number of carbonyl (C=O) groups excluding carboxylic acids is 1. The molecule has 0 aromatic rings. The summed E-state index contributed by atoms with van der Waals surface area (Å²) in [6.45, 7) is 15.8. The minimum atomic E-state index is -1.45. The number of rotatable bonds is 10. The van der Waals surface area contributed by atoms with Gasteiger partial charge in [0.15, 0.2) is 8.32 Å². The van der Waals surface area contributed by atoms with Crippen molar-refractivity contribution < 1.29 is 9.22 Å². The molecule has 0 aliphatic heterocycles. The highest BCUT2D eigenvalue weighted by molar-refractivity contribution is 6.69. The molecule has 0 unspecified atom stereocenters. The van der Waals surface area contributed by atoms with Gasteiger partial charge in [-0.25, -0.2) is 0 Å². The minimum absolute atomic E-state index is 0.00332. The molecule has 0 heterocycles. The highest BCUT2D eigenvalue weighted by Gasteiger charge is 2.27. The van der Waals surface area contributed by atoms with E-state index in [2.05, 4.69) is 47.3 Å². The molecule has 0 saturated carbocycles. The van der Waals surface area contributed by atoms with Crippen LogP contribution in [0.5, 0.6) is 0 Å². The van der Waals surface area contributed by atoms with Crippen molar-refractivity contribution in [3.05, 3.63) is 0 Å². The van der Waals surface area contributed by atoms with Gasteiger partial charge in [-0.05, 0) is 64.6 Å². The molecule has 0 amide bonds. The third-order valence-corrected chi connectivity index (χ3v) is 4.56. The van der Waals surface area contributed by atoms with E-state index in [0.29, 0.717) is 11.8 Å². The fourth-order valence-corrected chi connectivity index (χ4v) is 4.42. The van der Waals surface area contributed by atoms with Crippen LogP contribution in [0.15, 0.2) is 0 Å². The molecule has 2 nitrogen and oxygen atoms in total. The van der Waals surface area contributed by atoms with Crippen molar-refractivity contribution in [2.24, 2.45) is 5.41 Å². The molecular weight excluding hydrogens is 252 g/mol. The van der Waals surface area contributed by atoms with E-state index in [-0.39, 0.29) is 5.60 Å². The highest BCUT2D eigenvalue weighted by atomic mass is 28.4. The van der Waals surface area contributed by atoms with Crippen LogP contribution in [-0.2, 0) is 9.22 Å². The number of hydrogen-bond donors (Lipinski definition) is 0. The summed E-state index contributed by atoms with van der Waals surface area (Å²) >= 11 is 0. The molecule has 0 N–H and O–H groups in total. The van der Waals surface area contributed by atoms with E-state index < -0.39 is 8.32 Å². The van der Waals surface area contributed by atoms with Gasteiger partial charge in [-0.3, -0.25) is 0 Å². The van der Waals surface area contributed by atoms with Crippen molar-refractivity contribution in [2.45, 2.75) is 91.5 Å². The molecule has 0 aliphatic rings. The zero-order valence-electron chi connectivity index (χ0n) is 14.1. The Morgan fingerprint density at radius 2 is 1.47 bits per heavy atom. The van der Waals surface area contributed by atoms with Crippen molar-refractivity contribution in [2.75, 3.05) is 0 Å². The molecular formula is C16H34O2Si. The maximum atomic E-state index is 10.4. The van der Waals surface area contributed by atoms with Crippen LogP contribution < -0.4 is 0 Å². The first-order valence-corrected chi connectivity index (χ1v) is 11.0. The summed E-state index contributed by atoms with van der Waals surface area (Å²) in [6.07, 6.45) is 7.42. The molecule has 0 spiro atoms. The third kappa shape index (κ3) is 11.4. The topological polar surface area (TPSA) is 26.3 Å². The van der Waals surface area contributed by atoms with Crippen LogP contribution in [0.2, 0.25) is 19.6 Å². The Morgan fingerprint density at radius 1 is 0.947 bits per heavy atom. The van der Waals surface area contributed by atoms with Gasteiger partial charge in [0, 0.05) is 6.42 Å². The van der Waals surface area contributed by atoms with Gasteiger partial charge >= 0.3 is 0 Å². The SMILES string of the molecule is CC(C)(CCCC=O)CCCC(C)(C)O[Si](C)(C)C. The van der Waals surface area contributed by atoms with Crippen LogP contribution in [0.3, 0.4) is 0 Å². The summed E-state index contributed by atoms with van der Waals surface area (Å²) < 4.78 is 6.23. The quantitative estimate of drug-likeness (QED) is 0.314. The number of carbonyl (C=O) groups is 1. The average molecular weight is 287 g/mol. The van der Waals surface area contributed by atoms with Gasteiger partial charge in [0.05, 0.1) is 5.60 Å². The monoisotopic (exact) mass is 286 g/mol. The van der Waals surface area contributed by atoms with Gasteiger partial charge in [-0.1, -0.05) is 20.3 Å². The number of aldehydes is 1. The van der Waals surface area contributed by atoms with Crippen molar-refractivity contribution in [3.8, 4) is 0 Å². The Bertz CT molecular complexity index is 264. The molecule has 0 aliphatic carbocycles. The Balaban J connectivity index is 4.02. The molecule has 0 rings (SSSR count). The van der Waals surface area contributed by atoms with Crippen molar-refractivity contribution >= 4 is 14.6 Å². The minimum Gasteiger partial charge on any atom is -0.413 e. The number of hydrogen-bond acceptors (Lipinski definition) is 2. The van der Waals surface area contributed by atoms with Gasteiger partial charge in [-0.15, -0.1) is 0 Å². The largest absolute Gasteiger partial charge is 0.413 e. The summed E-state index contributed by atoms with van der Waals surface area (Å²) in [5.41, 5.74) is 0.349. The molecule has 0 radical (unpaired) electrons. The molecule has 19 heavy (non-hydrogen) atoms. The average Bonchev–Trinajstić information content (AvgIpc) is 2.12. The fourth-order valence-electron chi connectivity index (χ4n) is 2.66. The van der Waals surface area contributed by atoms with Crippen LogP contribution in [0, 0.1) is 5.41 Å². The van der Waals surface area contributed by atoms with Crippen molar-refractivity contribution in [3.63, 3.8) is 0 Å². The zero-order chi connectivity index (χ0) is 15.2. The molecule has 114 valence electrons. The van der Waals surface area contributed by atoms with Gasteiger partial charge in [-0.2, -0.15) is 0 Å². The first-order chi connectivity index (χ1) is 8.47. The molecule has 0 fully saturated rings. The Hall–Kier alpha value is -0.153. The summed E-state index contributed by atoms with van der Waals surface area (Å²) in [7, 11) is -1.45. The predicted octanol–water partition coefficient (Wildman–Crippen LogP) is 5.18. The third-order valence-electron chi connectivity index (χ3n) is 3.39. The highest BCUT2D eigenvalue weighted by Crippen LogP contribution is 2.32. The smallest absolute Gasteiger partial charge is 0.184 e. The van der Waals surface area contributed by atoms with E-state index in [1.165, 1.54) is 12.8 Å². The van der Waals surface area contributed by atoms with E-state index in [4.69, 9.17) is 4.43 Å². The second-order valence-electron chi connectivity index (χ2n) is 8.05. The predicted molar refractivity (Wildman–Crippen MR) is 86.1 cm³/mol. The van der Waals surface area contributed by atoms with Crippen molar-refractivity contribution in [1.82, 2.24) is 0 Å². The summed E-state index contributed by atoms with van der Waals surface area (Å²) in [4.78, 5) is 10.4. The maximum absolute atomic E-state index is 10.4. The molecule has 0 aromatic carbocycles. The second kappa shape index (κ2) is 7.58. The Morgan fingerprint density at radius 3 is 1.95 bits per heavy atom. The second-order valence-corrected chi connectivity index (χ2v) is 12.5. The molecule has 0 aromatic heterocycles. The van der Waals surface area contributed by atoms with Crippen LogP contribution >= 0.6 is 0 Å². The van der Waals surface area contributed by atoms with Crippen molar-refractivity contribution in [1.29, 1.82) is 0 Å². The van der Waals surface area contributed by atoms with E-state index in [1.54, 1.807) is 0 Å². The molecule has 0 bridgehead atoms. The lowest BCUT2D eigenvalue weighted by Crippen LogP contribution is -2.38. The van der Waals surface area contributed by atoms with E-state index in [0.717, 1.165) is 25.5 Å². The van der Waals surface area contributed by atoms with Gasteiger partial charge in [0.2, 0.25) is 0 Å². The van der Waals surface area contributed by atoms with Crippen LogP contribution in [0.4, 0.5) is 0 Å². The van der Waals surface area contributed by atoms with E-state index in [1.807, 2.05) is 0 Å².